The van der Waals surface area contributed by atoms with E-state index in [1.165, 1.54) is 0 Å². The third kappa shape index (κ3) is 4.51. The monoisotopic (exact) mass is 345 g/mol. The molecule has 3 rings (SSSR count). The van der Waals surface area contributed by atoms with E-state index in [0.29, 0.717) is 24.3 Å². The maximum Gasteiger partial charge on any atom is 0.321 e. The Hall–Kier alpha value is -2.08. The number of urea groups is 1. The van der Waals surface area contributed by atoms with Crippen molar-refractivity contribution in [3.8, 4) is 0 Å². The molecule has 6 nitrogen and oxygen atoms in total. The summed E-state index contributed by atoms with van der Waals surface area (Å²) >= 11 is 0. The van der Waals surface area contributed by atoms with Crippen LogP contribution in [0.2, 0.25) is 0 Å². The number of carbonyl (C=O) groups excluding carboxylic acids is 2. The molecular weight excluding hydrogens is 318 g/mol. The van der Waals surface area contributed by atoms with E-state index in [2.05, 4.69) is 5.32 Å². The zero-order valence-corrected chi connectivity index (χ0v) is 14.9. The lowest BCUT2D eigenvalue weighted by Gasteiger charge is -2.24. The van der Waals surface area contributed by atoms with Crippen LogP contribution in [0.4, 0.5) is 10.5 Å². The summed E-state index contributed by atoms with van der Waals surface area (Å²) in [5.41, 5.74) is 1.28. The van der Waals surface area contributed by atoms with Gasteiger partial charge in [-0.25, -0.2) is 4.79 Å². The van der Waals surface area contributed by atoms with Crippen LogP contribution in [0.5, 0.6) is 0 Å². The fourth-order valence-electron chi connectivity index (χ4n) is 3.43. The quantitative estimate of drug-likeness (QED) is 0.892. The molecule has 2 fully saturated rings. The first-order valence-electron chi connectivity index (χ1n) is 9.24. The highest BCUT2D eigenvalue weighted by molar-refractivity contribution is 5.97. The molecule has 1 atom stereocenters. The molecule has 1 aromatic rings. The van der Waals surface area contributed by atoms with Crippen molar-refractivity contribution >= 4 is 17.6 Å². The Morgan fingerprint density at radius 1 is 1.28 bits per heavy atom. The Balaban J connectivity index is 1.61. The minimum atomic E-state index is -0.149. The second-order valence-electron chi connectivity index (χ2n) is 6.68. The molecule has 0 saturated carbocycles. The number of hydrogen-bond donors (Lipinski definition) is 1. The van der Waals surface area contributed by atoms with Crippen LogP contribution in [0.25, 0.3) is 0 Å². The van der Waals surface area contributed by atoms with Crippen molar-refractivity contribution < 1.29 is 14.3 Å². The molecule has 0 aliphatic carbocycles. The van der Waals surface area contributed by atoms with Crippen LogP contribution >= 0.6 is 0 Å². The molecule has 0 radical (unpaired) electrons. The van der Waals surface area contributed by atoms with Crippen LogP contribution in [-0.4, -0.2) is 60.6 Å². The van der Waals surface area contributed by atoms with Crippen molar-refractivity contribution in [2.24, 2.45) is 0 Å². The summed E-state index contributed by atoms with van der Waals surface area (Å²) in [6.07, 6.45) is 4.33. The lowest BCUT2D eigenvalue weighted by molar-refractivity contribution is 0.0793. The van der Waals surface area contributed by atoms with Gasteiger partial charge in [-0.3, -0.25) is 4.79 Å². The molecule has 1 N–H and O–H groups in total. The lowest BCUT2D eigenvalue weighted by Crippen LogP contribution is -2.40. The smallest absolute Gasteiger partial charge is 0.321 e. The molecule has 2 heterocycles. The highest BCUT2D eigenvalue weighted by atomic mass is 16.5. The van der Waals surface area contributed by atoms with Gasteiger partial charge in [0.05, 0.1) is 6.10 Å². The van der Waals surface area contributed by atoms with Crippen molar-refractivity contribution in [3.63, 3.8) is 0 Å². The van der Waals surface area contributed by atoms with Crippen LogP contribution in [-0.2, 0) is 4.74 Å². The van der Waals surface area contributed by atoms with E-state index < -0.39 is 0 Å². The molecule has 1 aromatic carbocycles. The van der Waals surface area contributed by atoms with E-state index in [1.54, 1.807) is 17.0 Å². The van der Waals surface area contributed by atoms with E-state index in [1.807, 2.05) is 24.0 Å². The number of benzene rings is 1. The van der Waals surface area contributed by atoms with Gasteiger partial charge in [-0.1, -0.05) is 6.07 Å². The van der Waals surface area contributed by atoms with Gasteiger partial charge in [-0.05, 0) is 50.8 Å². The fraction of sp³-hybridized carbons (Fsp3) is 0.579. The topological polar surface area (TPSA) is 61.9 Å². The van der Waals surface area contributed by atoms with Gasteiger partial charge in [0.2, 0.25) is 0 Å². The van der Waals surface area contributed by atoms with Gasteiger partial charge in [0.1, 0.15) is 0 Å². The average molecular weight is 345 g/mol. The Bertz CT molecular complexity index is 608. The van der Waals surface area contributed by atoms with E-state index in [-0.39, 0.29) is 18.0 Å². The van der Waals surface area contributed by atoms with E-state index in [0.717, 1.165) is 45.4 Å². The number of nitrogens with one attached hydrogen (secondary N) is 1. The lowest BCUT2D eigenvalue weighted by atomic mass is 10.1. The predicted octanol–water partition coefficient (Wildman–Crippen LogP) is 2.96. The molecule has 0 spiro atoms. The number of carbonyl (C=O) groups is 2. The van der Waals surface area contributed by atoms with Crippen molar-refractivity contribution in [3.05, 3.63) is 29.8 Å². The van der Waals surface area contributed by atoms with Crippen LogP contribution in [0.1, 0.15) is 43.0 Å². The first kappa shape index (κ1) is 17.7. The van der Waals surface area contributed by atoms with Gasteiger partial charge in [0.25, 0.3) is 5.91 Å². The molecule has 2 saturated heterocycles. The molecule has 2 aliphatic heterocycles. The number of nitrogens with zero attached hydrogens (tertiary/aromatic N) is 2. The first-order chi connectivity index (χ1) is 12.2. The molecule has 136 valence electrons. The zero-order chi connectivity index (χ0) is 17.6. The fourth-order valence-corrected chi connectivity index (χ4v) is 3.43. The molecule has 0 unspecified atom stereocenters. The molecular formula is C19H27N3O3. The summed E-state index contributed by atoms with van der Waals surface area (Å²) in [6.45, 7) is 5.61. The molecule has 6 heteroatoms. The van der Waals surface area contributed by atoms with Crippen molar-refractivity contribution in [1.82, 2.24) is 9.80 Å². The Labute approximate surface area is 149 Å². The largest absolute Gasteiger partial charge is 0.376 e. The summed E-state index contributed by atoms with van der Waals surface area (Å²) in [4.78, 5) is 28.7. The van der Waals surface area contributed by atoms with Crippen molar-refractivity contribution in [2.45, 2.75) is 38.7 Å². The summed E-state index contributed by atoms with van der Waals surface area (Å²) in [5.74, 6) is 0.0419. The van der Waals surface area contributed by atoms with Crippen molar-refractivity contribution in [1.29, 1.82) is 0 Å². The summed E-state index contributed by atoms with van der Waals surface area (Å²) in [5, 5.41) is 2.91. The summed E-state index contributed by atoms with van der Waals surface area (Å²) in [7, 11) is 0. The SMILES string of the molecule is CCN(C[C@H]1CCCO1)C(=O)Nc1cccc(C(=O)N2CCCC2)c1. The maximum absolute atomic E-state index is 12.5. The Morgan fingerprint density at radius 2 is 2.08 bits per heavy atom. The highest BCUT2D eigenvalue weighted by Crippen LogP contribution is 2.18. The van der Waals surface area contributed by atoms with Crippen LogP contribution in [0.3, 0.4) is 0 Å². The van der Waals surface area contributed by atoms with Gasteiger partial charge >= 0.3 is 6.03 Å². The summed E-state index contributed by atoms with van der Waals surface area (Å²) < 4.78 is 5.62. The van der Waals surface area contributed by atoms with Crippen molar-refractivity contribution in [2.75, 3.05) is 38.1 Å². The molecule has 0 aromatic heterocycles. The van der Waals surface area contributed by atoms with E-state index in [9.17, 15) is 9.59 Å². The minimum Gasteiger partial charge on any atom is -0.376 e. The number of rotatable bonds is 5. The third-order valence-electron chi connectivity index (χ3n) is 4.87. The van der Waals surface area contributed by atoms with E-state index >= 15 is 0 Å². The molecule has 2 aliphatic rings. The molecule has 3 amide bonds. The average Bonchev–Trinajstić information content (AvgIpc) is 3.32. The highest BCUT2D eigenvalue weighted by Gasteiger charge is 2.22. The Morgan fingerprint density at radius 3 is 2.76 bits per heavy atom. The molecule has 0 bridgehead atoms. The third-order valence-corrected chi connectivity index (χ3v) is 4.87. The normalized spacial score (nSPS) is 19.9. The van der Waals surface area contributed by atoms with Crippen LogP contribution in [0, 0.1) is 0 Å². The maximum atomic E-state index is 12.5. The number of ether oxygens (including phenoxy) is 1. The minimum absolute atomic E-state index is 0.0419. The van der Waals surface area contributed by atoms with Gasteiger partial charge in [0.15, 0.2) is 0 Å². The van der Waals surface area contributed by atoms with Crippen LogP contribution in [0.15, 0.2) is 24.3 Å². The first-order valence-corrected chi connectivity index (χ1v) is 9.24. The summed E-state index contributed by atoms with van der Waals surface area (Å²) in [6, 6.07) is 7.05. The van der Waals surface area contributed by atoms with Gasteiger partial charge in [0, 0.05) is 44.0 Å². The van der Waals surface area contributed by atoms with Gasteiger partial charge < -0.3 is 19.9 Å². The van der Waals surface area contributed by atoms with E-state index in [4.69, 9.17) is 4.74 Å². The molecule has 25 heavy (non-hydrogen) atoms. The predicted molar refractivity (Wildman–Crippen MR) is 96.8 cm³/mol. The van der Waals surface area contributed by atoms with Crippen LogP contribution < -0.4 is 5.32 Å². The second-order valence-corrected chi connectivity index (χ2v) is 6.68. The standard InChI is InChI=1S/C19H27N3O3/c1-2-21(14-17-9-6-12-25-17)19(24)20-16-8-5-7-15(13-16)18(23)22-10-3-4-11-22/h5,7-8,13,17H,2-4,6,9-12,14H2,1H3,(H,20,24)/t17-/m1/s1. The zero-order valence-electron chi connectivity index (χ0n) is 14.9. The number of likely N-dealkylation sites (N-methyl/N-ethyl adjacent to an activating group) is 1. The second kappa shape index (κ2) is 8.34. The number of likely N-dealkylation sites (tertiary alicyclic amines) is 1. The Kier molecular flexibility index (Phi) is 5.91. The number of hydrogen-bond acceptors (Lipinski definition) is 3. The number of amides is 3. The number of anilines is 1. The van der Waals surface area contributed by atoms with Gasteiger partial charge in [-0.15, -0.1) is 0 Å². The van der Waals surface area contributed by atoms with Gasteiger partial charge in [-0.2, -0.15) is 0 Å².